The van der Waals surface area contributed by atoms with Crippen molar-refractivity contribution in [2.24, 2.45) is 5.92 Å². The smallest absolute Gasteiger partial charge is 0.141 e. The van der Waals surface area contributed by atoms with Gasteiger partial charge in [0, 0.05) is 36.6 Å². The number of hydrogen-bond acceptors (Lipinski definition) is 5. The summed E-state index contributed by atoms with van der Waals surface area (Å²) in [5, 5.41) is 5.77. The molecule has 5 nitrogen and oxygen atoms in total. The van der Waals surface area contributed by atoms with Gasteiger partial charge in [-0.2, -0.15) is 5.10 Å². The van der Waals surface area contributed by atoms with Crippen molar-refractivity contribution >= 4 is 27.4 Å². The number of anilines is 1. The molecule has 6 heteroatoms. The Hall–Kier alpha value is -1.95. The Labute approximate surface area is 151 Å². The fourth-order valence-corrected chi connectivity index (χ4v) is 5.46. The van der Waals surface area contributed by atoms with Crippen LogP contribution < -0.4 is 4.90 Å². The summed E-state index contributed by atoms with van der Waals surface area (Å²) >= 11 is 1.89. The van der Waals surface area contributed by atoms with E-state index in [1.807, 2.05) is 24.5 Å². The molecule has 1 fully saturated rings. The lowest BCUT2D eigenvalue weighted by molar-refractivity contribution is 0.341. The van der Waals surface area contributed by atoms with Gasteiger partial charge in [0.05, 0.1) is 11.6 Å². The third-order valence-electron chi connectivity index (χ3n) is 5.37. The molecule has 1 saturated heterocycles. The van der Waals surface area contributed by atoms with Crippen molar-refractivity contribution in [2.45, 2.75) is 46.1 Å². The van der Waals surface area contributed by atoms with Crippen LogP contribution in [0.1, 0.15) is 34.7 Å². The van der Waals surface area contributed by atoms with Crippen molar-refractivity contribution in [2.75, 3.05) is 18.0 Å². The lowest BCUT2D eigenvalue weighted by Gasteiger charge is -2.40. The molecule has 0 amide bonds. The topological polar surface area (TPSA) is 46.8 Å². The van der Waals surface area contributed by atoms with E-state index in [9.17, 15) is 0 Å². The first kappa shape index (κ1) is 15.3. The zero-order valence-corrected chi connectivity index (χ0v) is 15.6. The number of fused-ring (bicyclic) bond motifs is 3. The highest BCUT2D eigenvalue weighted by Crippen LogP contribution is 2.41. The Bertz CT molecular complexity index is 935. The second-order valence-corrected chi connectivity index (χ2v) is 8.58. The van der Waals surface area contributed by atoms with Gasteiger partial charge in [-0.3, -0.25) is 4.68 Å². The Morgan fingerprint density at radius 1 is 1.16 bits per heavy atom. The number of aromatic nitrogens is 4. The summed E-state index contributed by atoms with van der Waals surface area (Å²) in [5.74, 6) is 2.72. The molecule has 130 valence electrons. The van der Waals surface area contributed by atoms with Crippen molar-refractivity contribution in [1.29, 1.82) is 0 Å². The predicted octanol–water partition coefficient (Wildman–Crippen LogP) is 3.52. The maximum atomic E-state index is 4.85. The molecule has 25 heavy (non-hydrogen) atoms. The summed E-state index contributed by atoms with van der Waals surface area (Å²) in [6.45, 7) is 7.24. The van der Waals surface area contributed by atoms with Crippen LogP contribution in [-0.4, -0.2) is 32.8 Å². The van der Waals surface area contributed by atoms with Crippen LogP contribution in [0.5, 0.6) is 0 Å². The van der Waals surface area contributed by atoms with E-state index in [-0.39, 0.29) is 0 Å². The van der Waals surface area contributed by atoms with Gasteiger partial charge in [0.25, 0.3) is 0 Å². The van der Waals surface area contributed by atoms with E-state index in [0.29, 0.717) is 5.92 Å². The third-order valence-corrected chi connectivity index (χ3v) is 6.56. The SMILES string of the molecule is Cc1cnn(CC2CN(c3nc(C)nc4sc5c(c34)CCCC5)C2)c1. The van der Waals surface area contributed by atoms with Gasteiger partial charge in [-0.25, -0.2) is 9.97 Å². The summed E-state index contributed by atoms with van der Waals surface area (Å²) in [6.07, 6.45) is 9.09. The molecule has 0 spiro atoms. The first-order valence-corrected chi connectivity index (χ1v) is 10.0. The third kappa shape index (κ3) is 2.63. The fourth-order valence-electron chi connectivity index (χ4n) is 4.16. The molecule has 0 unspecified atom stereocenters. The van der Waals surface area contributed by atoms with Crippen LogP contribution >= 0.6 is 11.3 Å². The average molecular weight is 353 g/mol. The van der Waals surface area contributed by atoms with Gasteiger partial charge in [-0.1, -0.05) is 0 Å². The molecular formula is C19H23N5S. The Kier molecular flexibility index (Phi) is 3.55. The number of rotatable bonds is 3. The molecule has 2 aliphatic rings. The molecule has 0 radical (unpaired) electrons. The molecule has 0 bridgehead atoms. The lowest BCUT2D eigenvalue weighted by atomic mass is 9.95. The molecule has 4 heterocycles. The number of aryl methyl sites for hydroxylation is 4. The van der Waals surface area contributed by atoms with Gasteiger partial charge in [0.1, 0.15) is 16.5 Å². The van der Waals surface area contributed by atoms with E-state index in [4.69, 9.17) is 9.97 Å². The minimum atomic E-state index is 0.652. The van der Waals surface area contributed by atoms with Gasteiger partial charge >= 0.3 is 0 Å². The van der Waals surface area contributed by atoms with Crippen molar-refractivity contribution in [3.63, 3.8) is 0 Å². The van der Waals surface area contributed by atoms with Crippen LogP contribution in [0.4, 0.5) is 5.82 Å². The first-order valence-electron chi connectivity index (χ1n) is 9.20. The van der Waals surface area contributed by atoms with Gasteiger partial charge in [-0.15, -0.1) is 11.3 Å². The molecular weight excluding hydrogens is 330 g/mol. The minimum Gasteiger partial charge on any atom is -0.355 e. The zero-order valence-electron chi connectivity index (χ0n) is 14.8. The summed E-state index contributed by atoms with van der Waals surface area (Å²) < 4.78 is 2.07. The lowest BCUT2D eigenvalue weighted by Crippen LogP contribution is -2.49. The number of thiophene rings is 1. The van der Waals surface area contributed by atoms with Crippen LogP contribution in [0.25, 0.3) is 10.2 Å². The Morgan fingerprint density at radius 3 is 2.80 bits per heavy atom. The van der Waals surface area contributed by atoms with Gasteiger partial charge in [0.15, 0.2) is 0 Å². The second-order valence-electron chi connectivity index (χ2n) is 7.50. The molecule has 5 rings (SSSR count). The molecule has 0 saturated carbocycles. The standard InChI is InChI=1S/C19H23N5S/c1-12-7-20-24(8-12)11-14-9-23(10-14)18-17-15-5-3-4-6-16(15)25-19(17)22-13(2)21-18/h7-8,14H,3-6,9-11H2,1-2H3. The van der Waals surface area contributed by atoms with Crippen LogP contribution in [0, 0.1) is 19.8 Å². The zero-order chi connectivity index (χ0) is 17.0. The van der Waals surface area contributed by atoms with Gasteiger partial charge in [0.2, 0.25) is 0 Å². The van der Waals surface area contributed by atoms with E-state index < -0.39 is 0 Å². The molecule has 1 aliphatic carbocycles. The molecule has 0 N–H and O–H groups in total. The molecule has 3 aromatic heterocycles. The van der Waals surface area contributed by atoms with Crippen LogP contribution in [-0.2, 0) is 19.4 Å². The summed E-state index contributed by atoms with van der Waals surface area (Å²) in [5.41, 5.74) is 2.77. The van der Waals surface area contributed by atoms with Gasteiger partial charge < -0.3 is 4.90 Å². The van der Waals surface area contributed by atoms with Crippen LogP contribution in [0.3, 0.4) is 0 Å². The number of nitrogens with zero attached hydrogens (tertiary/aromatic N) is 5. The quantitative estimate of drug-likeness (QED) is 0.723. The Morgan fingerprint density at radius 2 is 2.00 bits per heavy atom. The monoisotopic (exact) mass is 353 g/mol. The largest absolute Gasteiger partial charge is 0.355 e. The number of hydrogen-bond donors (Lipinski definition) is 0. The highest BCUT2D eigenvalue weighted by Gasteiger charge is 2.31. The minimum absolute atomic E-state index is 0.652. The fraction of sp³-hybridized carbons (Fsp3) is 0.526. The first-order chi connectivity index (χ1) is 12.2. The predicted molar refractivity (Wildman–Crippen MR) is 101 cm³/mol. The maximum Gasteiger partial charge on any atom is 0.141 e. The Balaban J connectivity index is 1.42. The van der Waals surface area contributed by atoms with E-state index in [1.54, 1.807) is 4.88 Å². The van der Waals surface area contributed by atoms with Crippen molar-refractivity contribution in [1.82, 2.24) is 19.7 Å². The molecule has 0 aromatic carbocycles. The molecule has 1 aliphatic heterocycles. The maximum absolute atomic E-state index is 4.85. The van der Waals surface area contributed by atoms with Crippen molar-refractivity contribution < 1.29 is 0 Å². The molecule has 3 aromatic rings. The van der Waals surface area contributed by atoms with E-state index >= 15 is 0 Å². The van der Waals surface area contributed by atoms with Crippen LogP contribution in [0.15, 0.2) is 12.4 Å². The average Bonchev–Trinajstić information content (AvgIpc) is 3.12. The summed E-state index contributed by atoms with van der Waals surface area (Å²) in [4.78, 5) is 14.8. The summed E-state index contributed by atoms with van der Waals surface area (Å²) in [7, 11) is 0. The van der Waals surface area contributed by atoms with Crippen molar-refractivity contribution in [3.8, 4) is 0 Å². The van der Waals surface area contributed by atoms with E-state index in [0.717, 1.165) is 25.5 Å². The van der Waals surface area contributed by atoms with Gasteiger partial charge in [-0.05, 0) is 50.7 Å². The van der Waals surface area contributed by atoms with E-state index in [2.05, 4.69) is 27.8 Å². The van der Waals surface area contributed by atoms with Crippen LogP contribution in [0.2, 0.25) is 0 Å². The molecule has 0 atom stereocenters. The second kappa shape index (κ2) is 5.80. The normalized spacial score (nSPS) is 17.8. The summed E-state index contributed by atoms with van der Waals surface area (Å²) in [6, 6.07) is 0. The highest BCUT2D eigenvalue weighted by atomic mass is 32.1. The van der Waals surface area contributed by atoms with Crippen molar-refractivity contribution in [3.05, 3.63) is 34.2 Å². The highest BCUT2D eigenvalue weighted by molar-refractivity contribution is 7.19. The van der Waals surface area contributed by atoms with E-state index in [1.165, 1.54) is 52.8 Å².